The van der Waals surface area contributed by atoms with Gasteiger partial charge in [-0.3, -0.25) is 4.79 Å². The van der Waals surface area contributed by atoms with Crippen molar-refractivity contribution >= 4 is 11.6 Å². The number of aliphatic hydroxyl groups is 1. The number of benzene rings is 1. The second-order valence-electron chi connectivity index (χ2n) is 4.54. The lowest BCUT2D eigenvalue weighted by Crippen LogP contribution is -2.43. The maximum Gasteiger partial charge on any atom is 0.243 e. The summed E-state index contributed by atoms with van der Waals surface area (Å²) in [5.41, 5.74) is 6.79. The molecular weight excluding hydrogens is 274 g/mol. The van der Waals surface area contributed by atoms with Crippen LogP contribution in [0.2, 0.25) is 0 Å². The Kier molecular flexibility index (Phi) is 4.56. The van der Waals surface area contributed by atoms with Crippen molar-refractivity contribution in [2.45, 2.75) is 19.1 Å². The Balaban J connectivity index is 2.22. The van der Waals surface area contributed by atoms with E-state index in [1.807, 2.05) is 0 Å². The molecule has 21 heavy (non-hydrogen) atoms. The second kappa shape index (κ2) is 6.38. The van der Waals surface area contributed by atoms with Gasteiger partial charge in [-0.15, -0.1) is 0 Å². The molecule has 0 spiro atoms. The van der Waals surface area contributed by atoms with Crippen molar-refractivity contribution in [3.05, 3.63) is 30.8 Å². The highest BCUT2D eigenvalue weighted by Crippen LogP contribution is 2.32. The molecule has 1 heterocycles. The minimum absolute atomic E-state index is 0.473. The van der Waals surface area contributed by atoms with E-state index < -0.39 is 18.1 Å². The Bertz CT molecular complexity index is 611. The first kappa shape index (κ1) is 15.0. The van der Waals surface area contributed by atoms with Crippen molar-refractivity contribution in [3.8, 4) is 17.1 Å². The maximum absolute atomic E-state index is 11.8. The molecule has 0 saturated heterocycles. The normalized spacial score (nSPS) is 13.5. The Labute approximate surface area is 121 Å². The number of ether oxygens (including phenoxy) is 1. The van der Waals surface area contributed by atoms with Gasteiger partial charge in [0.05, 0.1) is 25.0 Å². The summed E-state index contributed by atoms with van der Waals surface area (Å²) in [6.45, 7) is 1.46. The van der Waals surface area contributed by atoms with Crippen molar-refractivity contribution in [3.63, 3.8) is 0 Å². The summed E-state index contributed by atoms with van der Waals surface area (Å²) in [7, 11) is 1.52. The van der Waals surface area contributed by atoms with E-state index in [0.717, 1.165) is 0 Å². The number of methoxy groups -OCH3 is 1. The number of hydrogen-bond donors (Lipinski definition) is 3. The molecule has 2 atom stereocenters. The number of anilines is 1. The van der Waals surface area contributed by atoms with Gasteiger partial charge in [-0.25, -0.2) is 4.98 Å². The fourth-order valence-electron chi connectivity index (χ4n) is 1.77. The number of nitrogens with zero attached hydrogens (tertiary/aromatic N) is 1. The molecule has 2 rings (SSSR count). The van der Waals surface area contributed by atoms with Crippen LogP contribution < -0.4 is 15.8 Å². The zero-order chi connectivity index (χ0) is 15.4. The number of carbonyl (C=O) groups excluding carboxylic acids is 1. The Hall–Kier alpha value is -2.38. The SMILES string of the molecule is COc1cc(NC(=O)C(N)C(C)O)ccc1-c1cnco1. The van der Waals surface area contributed by atoms with Crippen LogP contribution in [0.4, 0.5) is 5.69 Å². The van der Waals surface area contributed by atoms with Crippen LogP contribution in [0.25, 0.3) is 11.3 Å². The molecule has 1 amide bonds. The van der Waals surface area contributed by atoms with Crippen molar-refractivity contribution in [2.24, 2.45) is 5.73 Å². The van der Waals surface area contributed by atoms with E-state index in [4.69, 9.17) is 14.9 Å². The molecule has 0 bridgehead atoms. The molecule has 0 aliphatic carbocycles. The van der Waals surface area contributed by atoms with E-state index >= 15 is 0 Å². The third kappa shape index (κ3) is 3.39. The Morgan fingerprint density at radius 1 is 1.52 bits per heavy atom. The fraction of sp³-hybridized carbons (Fsp3) is 0.286. The van der Waals surface area contributed by atoms with E-state index in [1.54, 1.807) is 24.4 Å². The van der Waals surface area contributed by atoms with Gasteiger partial charge >= 0.3 is 0 Å². The molecular formula is C14H17N3O4. The lowest BCUT2D eigenvalue weighted by Gasteiger charge is -2.15. The zero-order valence-corrected chi connectivity index (χ0v) is 11.7. The minimum atomic E-state index is -0.995. The summed E-state index contributed by atoms with van der Waals surface area (Å²) < 4.78 is 10.5. The number of amides is 1. The highest BCUT2D eigenvalue weighted by molar-refractivity contribution is 5.95. The van der Waals surface area contributed by atoms with Crippen molar-refractivity contribution in [1.82, 2.24) is 4.98 Å². The number of hydrogen-bond acceptors (Lipinski definition) is 6. The predicted molar refractivity (Wildman–Crippen MR) is 76.8 cm³/mol. The first-order valence-corrected chi connectivity index (χ1v) is 6.34. The number of nitrogens with two attached hydrogens (primary N) is 1. The Morgan fingerprint density at radius 2 is 2.29 bits per heavy atom. The van der Waals surface area contributed by atoms with E-state index in [1.165, 1.54) is 20.4 Å². The molecule has 1 aromatic heterocycles. The molecule has 0 saturated carbocycles. The van der Waals surface area contributed by atoms with Gasteiger partial charge in [0.1, 0.15) is 11.8 Å². The van der Waals surface area contributed by atoms with Crippen LogP contribution in [0.3, 0.4) is 0 Å². The smallest absolute Gasteiger partial charge is 0.243 e. The van der Waals surface area contributed by atoms with Crippen LogP contribution in [-0.4, -0.2) is 35.3 Å². The predicted octanol–water partition coefficient (Wildman–Crippen LogP) is 0.997. The van der Waals surface area contributed by atoms with E-state index in [2.05, 4.69) is 10.3 Å². The van der Waals surface area contributed by atoms with E-state index in [0.29, 0.717) is 22.8 Å². The average molecular weight is 291 g/mol. The average Bonchev–Trinajstić information content (AvgIpc) is 3.00. The molecule has 2 unspecified atom stereocenters. The molecule has 1 aromatic carbocycles. The van der Waals surface area contributed by atoms with E-state index in [9.17, 15) is 9.90 Å². The van der Waals surface area contributed by atoms with Crippen LogP contribution >= 0.6 is 0 Å². The third-order valence-corrected chi connectivity index (χ3v) is 2.99. The Morgan fingerprint density at radius 3 is 2.86 bits per heavy atom. The number of nitrogens with one attached hydrogen (secondary N) is 1. The summed E-state index contributed by atoms with van der Waals surface area (Å²) >= 11 is 0. The van der Waals surface area contributed by atoms with Crippen LogP contribution in [0.5, 0.6) is 5.75 Å². The molecule has 0 fully saturated rings. The van der Waals surface area contributed by atoms with Gasteiger partial charge in [0, 0.05) is 11.8 Å². The monoisotopic (exact) mass is 291 g/mol. The number of oxazole rings is 1. The first-order chi connectivity index (χ1) is 10.0. The summed E-state index contributed by atoms with van der Waals surface area (Å²) in [6.07, 6.45) is 1.96. The number of carbonyl (C=O) groups is 1. The number of rotatable bonds is 5. The fourth-order valence-corrected chi connectivity index (χ4v) is 1.77. The van der Waals surface area contributed by atoms with Crippen LogP contribution in [0.1, 0.15) is 6.92 Å². The van der Waals surface area contributed by atoms with Crippen molar-refractivity contribution < 1.29 is 19.1 Å². The summed E-state index contributed by atoms with van der Waals surface area (Å²) in [5.74, 6) is 0.611. The van der Waals surface area contributed by atoms with Gasteiger partial charge in [-0.1, -0.05) is 0 Å². The number of aliphatic hydroxyl groups excluding tert-OH is 1. The molecule has 0 aliphatic heterocycles. The van der Waals surface area contributed by atoms with Gasteiger partial charge in [-0.2, -0.15) is 0 Å². The van der Waals surface area contributed by atoms with Crippen molar-refractivity contribution in [2.75, 3.05) is 12.4 Å². The molecule has 112 valence electrons. The van der Waals surface area contributed by atoms with Crippen molar-refractivity contribution in [1.29, 1.82) is 0 Å². The maximum atomic E-state index is 11.8. The summed E-state index contributed by atoms with van der Waals surface area (Å²) in [5, 5.41) is 11.9. The quantitative estimate of drug-likeness (QED) is 0.758. The van der Waals surface area contributed by atoms with Gasteiger partial charge in [0.2, 0.25) is 5.91 Å². The molecule has 2 aromatic rings. The molecule has 7 nitrogen and oxygen atoms in total. The van der Waals surface area contributed by atoms with Gasteiger partial charge in [0.15, 0.2) is 12.2 Å². The van der Waals surface area contributed by atoms with Crippen LogP contribution in [0, 0.1) is 0 Å². The lowest BCUT2D eigenvalue weighted by atomic mass is 10.1. The highest BCUT2D eigenvalue weighted by atomic mass is 16.5. The molecule has 0 radical (unpaired) electrons. The molecule has 4 N–H and O–H groups in total. The third-order valence-electron chi connectivity index (χ3n) is 2.99. The largest absolute Gasteiger partial charge is 0.496 e. The van der Waals surface area contributed by atoms with Crippen LogP contribution in [0.15, 0.2) is 35.2 Å². The van der Waals surface area contributed by atoms with Gasteiger partial charge < -0.3 is 25.3 Å². The highest BCUT2D eigenvalue weighted by Gasteiger charge is 2.19. The zero-order valence-electron chi connectivity index (χ0n) is 11.7. The standard InChI is InChI=1S/C14H17N3O4/c1-8(18)13(15)14(19)17-9-3-4-10(11(5-9)20-2)12-6-16-7-21-12/h3-8,13,18H,15H2,1-2H3,(H,17,19). The topological polar surface area (TPSA) is 111 Å². The molecule has 0 aliphatic rings. The van der Waals surface area contributed by atoms with Gasteiger partial charge in [0.25, 0.3) is 0 Å². The number of aromatic nitrogens is 1. The molecule has 7 heteroatoms. The van der Waals surface area contributed by atoms with E-state index in [-0.39, 0.29) is 0 Å². The van der Waals surface area contributed by atoms with Gasteiger partial charge in [-0.05, 0) is 19.1 Å². The lowest BCUT2D eigenvalue weighted by molar-refractivity contribution is -0.119. The van der Waals surface area contributed by atoms with Crippen LogP contribution in [-0.2, 0) is 4.79 Å². The summed E-state index contributed by atoms with van der Waals surface area (Å²) in [6, 6.07) is 4.07. The minimum Gasteiger partial charge on any atom is -0.496 e. The second-order valence-corrected chi connectivity index (χ2v) is 4.54. The first-order valence-electron chi connectivity index (χ1n) is 6.34. The summed E-state index contributed by atoms with van der Waals surface area (Å²) in [4.78, 5) is 15.7.